The monoisotopic (exact) mass is 350 g/mol. The van der Waals surface area contributed by atoms with Crippen LogP contribution in [0.5, 0.6) is 5.75 Å². The van der Waals surface area contributed by atoms with Crippen LogP contribution in [0.25, 0.3) is 0 Å². The zero-order chi connectivity index (χ0) is 18.6. The molecule has 0 radical (unpaired) electrons. The minimum absolute atomic E-state index is 0.212. The van der Waals surface area contributed by atoms with Crippen LogP contribution in [0.1, 0.15) is 22.4 Å². The molecule has 0 N–H and O–H groups in total. The predicted octanol–water partition coefficient (Wildman–Crippen LogP) is 3.54. The first-order valence-corrected chi connectivity index (χ1v) is 7.43. The topological polar surface area (TPSA) is 62.0 Å². The average Bonchev–Trinajstić information content (AvgIpc) is 2.52. The number of ether oxygens (including phenoxy) is 1. The van der Waals surface area contributed by atoms with Crippen LogP contribution < -0.4 is 9.64 Å². The first kappa shape index (κ1) is 18.5. The van der Waals surface area contributed by atoms with Crippen molar-refractivity contribution < 1.29 is 17.9 Å². The highest BCUT2D eigenvalue weighted by molar-refractivity contribution is 5.50. The van der Waals surface area contributed by atoms with Gasteiger partial charge in [-0.05, 0) is 30.5 Å². The van der Waals surface area contributed by atoms with E-state index in [1.165, 1.54) is 12.4 Å². The van der Waals surface area contributed by atoms with E-state index in [0.717, 1.165) is 5.56 Å². The van der Waals surface area contributed by atoms with Crippen molar-refractivity contribution in [3.63, 3.8) is 0 Å². The average molecular weight is 350 g/mol. The Bertz CT molecular complexity index is 776. The molecular formula is C17H17F3N4O. The summed E-state index contributed by atoms with van der Waals surface area (Å²) in [7, 11) is 1.77. The summed E-state index contributed by atoms with van der Waals surface area (Å²) >= 11 is 0. The summed E-state index contributed by atoms with van der Waals surface area (Å²) in [5.41, 5.74) is 2.31. The number of halogens is 3. The second-order valence-corrected chi connectivity index (χ2v) is 5.66. The molecule has 25 heavy (non-hydrogen) atoms. The van der Waals surface area contributed by atoms with E-state index >= 15 is 0 Å². The number of nitrogens with zero attached hydrogens (tertiary/aromatic N) is 4. The molecule has 1 aromatic heterocycles. The van der Waals surface area contributed by atoms with Gasteiger partial charge in [-0.25, -0.2) is 9.97 Å². The summed E-state index contributed by atoms with van der Waals surface area (Å²) in [5.74, 6) is 0.679. The molecule has 8 heteroatoms. The Morgan fingerprint density at radius 3 is 2.32 bits per heavy atom. The van der Waals surface area contributed by atoms with E-state index in [-0.39, 0.29) is 11.4 Å². The lowest BCUT2D eigenvalue weighted by Crippen LogP contribution is -2.21. The summed E-state index contributed by atoms with van der Waals surface area (Å²) in [6.45, 7) is 2.50. The van der Waals surface area contributed by atoms with Gasteiger partial charge in [-0.15, -0.1) is 0 Å². The Kier molecular flexibility index (Phi) is 5.47. The largest absolute Gasteiger partial charge is 0.484 e. The Morgan fingerprint density at radius 1 is 1.16 bits per heavy atom. The van der Waals surface area contributed by atoms with Gasteiger partial charge in [0.25, 0.3) is 0 Å². The molecule has 0 saturated carbocycles. The normalized spacial score (nSPS) is 11.1. The minimum Gasteiger partial charge on any atom is -0.484 e. The maximum absolute atomic E-state index is 12.3. The van der Waals surface area contributed by atoms with Crippen LogP contribution in [0.3, 0.4) is 0 Å². The fraction of sp³-hybridized carbons (Fsp3) is 0.353. The van der Waals surface area contributed by atoms with E-state index in [2.05, 4.69) is 9.97 Å². The molecule has 0 aliphatic rings. The van der Waals surface area contributed by atoms with Gasteiger partial charge in [0.05, 0.1) is 0 Å². The van der Waals surface area contributed by atoms with Gasteiger partial charge in [0.1, 0.15) is 11.8 Å². The lowest BCUT2D eigenvalue weighted by molar-refractivity contribution is -0.153. The molecular weight excluding hydrogens is 333 g/mol. The second kappa shape index (κ2) is 7.38. The van der Waals surface area contributed by atoms with Crippen LogP contribution in [0.15, 0.2) is 24.5 Å². The number of rotatable bonds is 5. The molecule has 0 spiro atoms. The highest BCUT2D eigenvalue weighted by Crippen LogP contribution is 2.28. The Morgan fingerprint density at radius 2 is 1.76 bits per heavy atom. The van der Waals surface area contributed by atoms with E-state index in [0.29, 0.717) is 23.5 Å². The van der Waals surface area contributed by atoms with Gasteiger partial charge < -0.3 is 9.64 Å². The summed E-state index contributed by atoms with van der Waals surface area (Å²) in [4.78, 5) is 9.88. The van der Waals surface area contributed by atoms with Crippen LogP contribution in [0.4, 0.5) is 19.0 Å². The predicted molar refractivity (Wildman–Crippen MR) is 86.3 cm³/mol. The molecule has 0 fully saturated rings. The van der Waals surface area contributed by atoms with E-state index < -0.39 is 12.8 Å². The highest BCUT2D eigenvalue weighted by atomic mass is 19.4. The van der Waals surface area contributed by atoms with Gasteiger partial charge in [-0.3, -0.25) is 0 Å². The number of nitriles is 1. The van der Waals surface area contributed by atoms with Crippen molar-refractivity contribution in [3.8, 4) is 11.8 Å². The van der Waals surface area contributed by atoms with Gasteiger partial charge in [0.15, 0.2) is 18.1 Å². The Labute approximate surface area is 143 Å². The maximum Gasteiger partial charge on any atom is 0.422 e. The van der Waals surface area contributed by atoms with Crippen molar-refractivity contribution in [2.24, 2.45) is 0 Å². The van der Waals surface area contributed by atoms with Crippen molar-refractivity contribution >= 4 is 5.82 Å². The molecule has 2 rings (SSSR count). The zero-order valence-electron chi connectivity index (χ0n) is 14.1. The summed E-state index contributed by atoms with van der Waals surface area (Å²) in [6, 6.07) is 5.51. The Hall–Kier alpha value is -2.82. The first-order valence-electron chi connectivity index (χ1n) is 7.43. The number of hydrogen-bond acceptors (Lipinski definition) is 5. The third kappa shape index (κ3) is 4.83. The van der Waals surface area contributed by atoms with Crippen molar-refractivity contribution in [2.75, 3.05) is 18.6 Å². The van der Waals surface area contributed by atoms with Crippen LogP contribution in [-0.4, -0.2) is 29.8 Å². The quantitative estimate of drug-likeness (QED) is 0.825. The van der Waals surface area contributed by atoms with Crippen molar-refractivity contribution in [3.05, 3.63) is 46.9 Å². The third-order valence-electron chi connectivity index (χ3n) is 3.47. The van der Waals surface area contributed by atoms with Gasteiger partial charge in [-0.1, -0.05) is 12.1 Å². The van der Waals surface area contributed by atoms with Crippen LogP contribution >= 0.6 is 0 Å². The number of anilines is 1. The molecule has 0 aliphatic heterocycles. The van der Waals surface area contributed by atoms with Crippen LogP contribution in [0.2, 0.25) is 0 Å². The first-order chi connectivity index (χ1) is 11.7. The Balaban J connectivity index is 2.20. The minimum atomic E-state index is -4.38. The SMILES string of the molecule is Cc1cc(CN(C)c2nccnc2C#N)cc(C)c1OCC(F)(F)F. The van der Waals surface area contributed by atoms with E-state index in [1.807, 2.05) is 6.07 Å². The van der Waals surface area contributed by atoms with Gasteiger partial charge >= 0.3 is 6.18 Å². The van der Waals surface area contributed by atoms with Gasteiger partial charge in [0.2, 0.25) is 0 Å². The van der Waals surface area contributed by atoms with Crippen molar-refractivity contribution in [1.82, 2.24) is 9.97 Å². The lowest BCUT2D eigenvalue weighted by Gasteiger charge is -2.20. The molecule has 2 aromatic rings. The standard InChI is InChI=1S/C17H17F3N4O/c1-11-6-13(7-12(2)15(11)25-10-17(18,19)20)9-24(3)16-14(8-21)22-4-5-23-16/h4-7H,9-10H2,1-3H3. The summed E-state index contributed by atoms with van der Waals surface area (Å²) in [5, 5.41) is 9.10. The molecule has 0 bridgehead atoms. The van der Waals surface area contributed by atoms with Crippen LogP contribution in [-0.2, 0) is 6.54 Å². The number of hydrogen-bond donors (Lipinski definition) is 0. The zero-order valence-corrected chi connectivity index (χ0v) is 14.1. The molecule has 0 amide bonds. The fourth-order valence-corrected chi connectivity index (χ4v) is 2.55. The van der Waals surface area contributed by atoms with E-state index in [4.69, 9.17) is 10.00 Å². The molecule has 1 aromatic carbocycles. The number of alkyl halides is 3. The molecule has 0 atom stereocenters. The number of aromatic nitrogens is 2. The van der Waals surface area contributed by atoms with E-state index in [1.54, 1.807) is 37.9 Å². The van der Waals surface area contributed by atoms with Gasteiger partial charge in [0, 0.05) is 26.0 Å². The van der Waals surface area contributed by atoms with Crippen molar-refractivity contribution in [2.45, 2.75) is 26.6 Å². The molecule has 1 heterocycles. The third-order valence-corrected chi connectivity index (χ3v) is 3.47. The molecule has 0 saturated heterocycles. The maximum atomic E-state index is 12.3. The fourth-order valence-electron chi connectivity index (χ4n) is 2.55. The molecule has 132 valence electrons. The molecule has 5 nitrogen and oxygen atoms in total. The molecule has 0 unspecified atom stereocenters. The highest BCUT2D eigenvalue weighted by Gasteiger charge is 2.29. The van der Waals surface area contributed by atoms with Gasteiger partial charge in [-0.2, -0.15) is 18.4 Å². The van der Waals surface area contributed by atoms with E-state index in [9.17, 15) is 13.2 Å². The lowest BCUT2D eigenvalue weighted by atomic mass is 10.1. The second-order valence-electron chi connectivity index (χ2n) is 5.66. The smallest absolute Gasteiger partial charge is 0.422 e. The molecule has 0 aliphatic carbocycles. The number of benzene rings is 1. The summed E-state index contributed by atoms with van der Waals surface area (Å²) < 4.78 is 41.9. The van der Waals surface area contributed by atoms with Crippen LogP contribution in [0, 0.1) is 25.2 Å². The summed E-state index contributed by atoms with van der Waals surface area (Å²) in [6.07, 6.45) is -1.44. The number of aryl methyl sites for hydroxylation is 2. The van der Waals surface area contributed by atoms with Crippen molar-refractivity contribution in [1.29, 1.82) is 5.26 Å².